The van der Waals surface area contributed by atoms with Crippen LogP contribution in [0.1, 0.15) is 39.2 Å². The molecule has 0 aliphatic carbocycles. The van der Waals surface area contributed by atoms with Crippen molar-refractivity contribution in [2.24, 2.45) is 0 Å². The Morgan fingerprint density at radius 1 is 1.28 bits per heavy atom. The highest BCUT2D eigenvalue weighted by molar-refractivity contribution is 9.10. The Kier molecular flexibility index (Phi) is 4.64. The Balaban J connectivity index is 3.17. The van der Waals surface area contributed by atoms with Gasteiger partial charge in [-0.25, -0.2) is 4.98 Å². The average Bonchev–Trinajstić information content (AvgIpc) is 2.30. The Morgan fingerprint density at radius 2 is 1.83 bits per heavy atom. The lowest BCUT2D eigenvalue weighted by Gasteiger charge is -2.30. The first-order valence-electron chi connectivity index (χ1n) is 5.73. The number of nitrogens with zero attached hydrogens (tertiary/aromatic N) is 1. The largest absolute Gasteiger partial charge is 0.419 e. The Labute approximate surface area is 113 Å². The number of alkyl halides is 3. The number of aromatic nitrogens is 1. The fourth-order valence-electron chi connectivity index (χ4n) is 1.47. The van der Waals surface area contributed by atoms with Gasteiger partial charge in [0.1, 0.15) is 5.82 Å². The third kappa shape index (κ3) is 3.60. The summed E-state index contributed by atoms with van der Waals surface area (Å²) in [6, 6.07) is 1.04. The summed E-state index contributed by atoms with van der Waals surface area (Å²) in [5, 5.41) is 2.91. The molecule has 0 aromatic carbocycles. The zero-order valence-corrected chi connectivity index (χ0v) is 12.1. The second kappa shape index (κ2) is 5.47. The van der Waals surface area contributed by atoms with E-state index >= 15 is 0 Å². The maximum atomic E-state index is 12.9. The van der Waals surface area contributed by atoms with Gasteiger partial charge in [0.25, 0.3) is 0 Å². The number of nitrogens with one attached hydrogen (secondary N) is 1. The van der Waals surface area contributed by atoms with E-state index in [1.54, 1.807) is 0 Å². The van der Waals surface area contributed by atoms with Crippen LogP contribution in [0.25, 0.3) is 0 Å². The third-order valence-electron chi connectivity index (χ3n) is 3.14. The standard InChI is InChI=1S/C12H16BrF3N2/c1-4-11(3,5-2)18-10-9(12(14,15)16)6-8(13)7-17-10/h6-7H,4-5H2,1-3H3,(H,17,18). The van der Waals surface area contributed by atoms with E-state index in [0.29, 0.717) is 4.47 Å². The molecule has 0 spiro atoms. The van der Waals surface area contributed by atoms with E-state index in [0.717, 1.165) is 18.9 Å². The van der Waals surface area contributed by atoms with E-state index in [1.807, 2.05) is 20.8 Å². The van der Waals surface area contributed by atoms with Crippen molar-refractivity contribution in [2.75, 3.05) is 5.32 Å². The summed E-state index contributed by atoms with van der Waals surface area (Å²) in [6.45, 7) is 5.75. The molecule has 1 N–H and O–H groups in total. The van der Waals surface area contributed by atoms with Gasteiger partial charge in [-0.1, -0.05) is 13.8 Å². The Morgan fingerprint density at radius 3 is 2.28 bits per heavy atom. The molecule has 1 aromatic heterocycles. The highest BCUT2D eigenvalue weighted by Crippen LogP contribution is 2.36. The molecular formula is C12H16BrF3N2. The van der Waals surface area contributed by atoms with Crippen molar-refractivity contribution < 1.29 is 13.2 Å². The van der Waals surface area contributed by atoms with Crippen molar-refractivity contribution in [3.8, 4) is 0 Å². The summed E-state index contributed by atoms with van der Waals surface area (Å²) in [7, 11) is 0. The molecule has 1 aromatic rings. The van der Waals surface area contributed by atoms with Gasteiger partial charge in [-0.05, 0) is 41.8 Å². The van der Waals surface area contributed by atoms with Gasteiger partial charge in [0.15, 0.2) is 0 Å². The van der Waals surface area contributed by atoms with Crippen molar-refractivity contribution >= 4 is 21.7 Å². The molecule has 0 radical (unpaired) electrons. The van der Waals surface area contributed by atoms with Crippen LogP contribution in [-0.2, 0) is 6.18 Å². The van der Waals surface area contributed by atoms with E-state index in [1.165, 1.54) is 6.20 Å². The molecule has 102 valence electrons. The van der Waals surface area contributed by atoms with Crippen molar-refractivity contribution in [1.82, 2.24) is 4.98 Å². The molecule has 0 saturated heterocycles. The fraction of sp³-hybridized carbons (Fsp3) is 0.583. The number of hydrogen-bond donors (Lipinski definition) is 1. The summed E-state index contributed by atoms with van der Waals surface area (Å²) in [6.07, 6.45) is -1.61. The highest BCUT2D eigenvalue weighted by Gasteiger charge is 2.36. The number of hydrogen-bond acceptors (Lipinski definition) is 2. The normalized spacial score (nSPS) is 12.6. The van der Waals surface area contributed by atoms with Crippen LogP contribution in [0.4, 0.5) is 19.0 Å². The molecule has 0 aliphatic rings. The number of rotatable bonds is 4. The molecule has 0 aliphatic heterocycles. The zero-order chi connectivity index (χ0) is 14.0. The average molecular weight is 325 g/mol. The molecule has 18 heavy (non-hydrogen) atoms. The first kappa shape index (κ1) is 15.3. The fourth-order valence-corrected chi connectivity index (χ4v) is 1.80. The maximum Gasteiger partial charge on any atom is 0.419 e. The van der Waals surface area contributed by atoms with Crippen LogP contribution in [0.2, 0.25) is 0 Å². The van der Waals surface area contributed by atoms with Gasteiger partial charge in [0, 0.05) is 16.2 Å². The topological polar surface area (TPSA) is 24.9 Å². The summed E-state index contributed by atoms with van der Waals surface area (Å²) in [5.41, 5.74) is -1.13. The van der Waals surface area contributed by atoms with Crippen LogP contribution in [-0.4, -0.2) is 10.5 Å². The van der Waals surface area contributed by atoms with Crippen molar-refractivity contribution in [1.29, 1.82) is 0 Å². The molecule has 2 nitrogen and oxygen atoms in total. The molecule has 1 heterocycles. The van der Waals surface area contributed by atoms with Crippen molar-refractivity contribution in [3.63, 3.8) is 0 Å². The van der Waals surface area contributed by atoms with Crippen LogP contribution >= 0.6 is 15.9 Å². The van der Waals surface area contributed by atoms with Crippen molar-refractivity contribution in [2.45, 2.75) is 45.3 Å². The van der Waals surface area contributed by atoms with E-state index in [2.05, 4.69) is 26.2 Å². The SMILES string of the molecule is CCC(C)(CC)Nc1ncc(Br)cc1C(F)(F)F. The van der Waals surface area contributed by atoms with E-state index < -0.39 is 11.7 Å². The third-order valence-corrected chi connectivity index (χ3v) is 3.57. The van der Waals surface area contributed by atoms with E-state index in [-0.39, 0.29) is 11.4 Å². The monoisotopic (exact) mass is 324 g/mol. The van der Waals surface area contributed by atoms with Crippen LogP contribution < -0.4 is 5.32 Å². The van der Waals surface area contributed by atoms with Gasteiger partial charge in [0.05, 0.1) is 5.56 Å². The number of halogens is 4. The van der Waals surface area contributed by atoms with E-state index in [4.69, 9.17) is 0 Å². The molecule has 0 unspecified atom stereocenters. The minimum atomic E-state index is -4.42. The summed E-state index contributed by atoms with van der Waals surface area (Å²) in [5.74, 6) is -0.114. The van der Waals surface area contributed by atoms with Gasteiger partial charge in [-0.2, -0.15) is 13.2 Å². The van der Waals surface area contributed by atoms with Gasteiger partial charge in [-0.3, -0.25) is 0 Å². The lowest BCUT2D eigenvalue weighted by atomic mass is 9.95. The zero-order valence-electron chi connectivity index (χ0n) is 10.5. The Hall–Kier alpha value is -0.780. The minimum absolute atomic E-state index is 0.114. The second-order valence-corrected chi connectivity index (χ2v) is 5.36. The van der Waals surface area contributed by atoms with Gasteiger partial charge in [-0.15, -0.1) is 0 Å². The predicted octanol–water partition coefficient (Wildman–Crippen LogP) is 4.85. The van der Waals surface area contributed by atoms with Crippen LogP contribution in [0.5, 0.6) is 0 Å². The second-order valence-electron chi connectivity index (χ2n) is 4.44. The summed E-state index contributed by atoms with van der Waals surface area (Å²) in [4.78, 5) is 3.85. The maximum absolute atomic E-state index is 12.9. The smallest absolute Gasteiger partial charge is 0.364 e. The summed E-state index contributed by atoms with van der Waals surface area (Å²) < 4.78 is 39.0. The van der Waals surface area contributed by atoms with Gasteiger partial charge in [0.2, 0.25) is 0 Å². The first-order chi connectivity index (χ1) is 8.22. The van der Waals surface area contributed by atoms with E-state index in [9.17, 15) is 13.2 Å². The molecule has 0 amide bonds. The number of pyridine rings is 1. The number of anilines is 1. The Bertz CT molecular complexity index is 414. The van der Waals surface area contributed by atoms with Crippen LogP contribution in [0.3, 0.4) is 0 Å². The lowest BCUT2D eigenvalue weighted by Crippen LogP contribution is -2.34. The molecule has 0 bridgehead atoms. The highest BCUT2D eigenvalue weighted by atomic mass is 79.9. The molecular weight excluding hydrogens is 309 g/mol. The molecule has 0 fully saturated rings. The van der Waals surface area contributed by atoms with Crippen LogP contribution in [0, 0.1) is 0 Å². The predicted molar refractivity (Wildman–Crippen MR) is 69.5 cm³/mol. The molecule has 1 rings (SSSR count). The lowest BCUT2D eigenvalue weighted by molar-refractivity contribution is -0.137. The van der Waals surface area contributed by atoms with Crippen LogP contribution in [0.15, 0.2) is 16.7 Å². The first-order valence-corrected chi connectivity index (χ1v) is 6.52. The molecule has 6 heteroatoms. The quantitative estimate of drug-likeness (QED) is 0.856. The molecule has 0 atom stereocenters. The molecule has 0 saturated carbocycles. The van der Waals surface area contributed by atoms with Gasteiger partial charge < -0.3 is 5.32 Å². The van der Waals surface area contributed by atoms with Crippen molar-refractivity contribution in [3.05, 3.63) is 22.3 Å². The summed E-state index contributed by atoms with van der Waals surface area (Å²) >= 11 is 3.01. The van der Waals surface area contributed by atoms with Gasteiger partial charge >= 0.3 is 6.18 Å². The minimum Gasteiger partial charge on any atom is -0.364 e.